The Morgan fingerprint density at radius 1 is 0.979 bits per heavy atom. The largest absolute Gasteiger partial charge is 0.480 e. The van der Waals surface area contributed by atoms with E-state index in [9.17, 15) is 24.3 Å². The second kappa shape index (κ2) is 14.3. The fourth-order valence-electron chi connectivity index (χ4n) is 6.46. The van der Waals surface area contributed by atoms with Gasteiger partial charge in [0.25, 0.3) is 0 Å². The second-order valence-electron chi connectivity index (χ2n) is 13.5. The molecule has 0 saturated carbocycles. The number of rotatable bonds is 11. The van der Waals surface area contributed by atoms with Gasteiger partial charge in [-0.15, -0.1) is 0 Å². The van der Waals surface area contributed by atoms with Crippen LogP contribution in [0.5, 0.6) is 0 Å². The molecule has 2 aromatic carbocycles. The first-order valence-corrected chi connectivity index (χ1v) is 16.3. The van der Waals surface area contributed by atoms with Crippen LogP contribution in [0, 0.1) is 0 Å². The van der Waals surface area contributed by atoms with Crippen LogP contribution >= 0.6 is 0 Å². The van der Waals surface area contributed by atoms with Gasteiger partial charge < -0.3 is 35.7 Å². The van der Waals surface area contributed by atoms with Gasteiger partial charge in [0.1, 0.15) is 17.7 Å². The molecule has 0 bridgehead atoms. The van der Waals surface area contributed by atoms with Crippen LogP contribution in [-0.4, -0.2) is 76.3 Å². The minimum absolute atomic E-state index is 0.0919. The topological polar surface area (TPSA) is 153 Å². The number of H-pyrrole nitrogens is 1. The van der Waals surface area contributed by atoms with Gasteiger partial charge >= 0.3 is 18.1 Å². The summed E-state index contributed by atoms with van der Waals surface area (Å²) in [6.07, 6.45) is 8.53. The molecular weight excluding hydrogens is 598 g/mol. The van der Waals surface area contributed by atoms with Crippen molar-refractivity contribution < 1.29 is 29.0 Å². The number of amides is 4. The van der Waals surface area contributed by atoms with E-state index in [1.165, 1.54) is 11.1 Å². The number of hydrogen-bond donors (Lipinski definition) is 5. The number of carbonyl (C=O) groups is 4. The molecule has 250 valence electrons. The molecule has 0 radical (unpaired) electrons. The third-order valence-electron chi connectivity index (χ3n) is 8.94. The van der Waals surface area contributed by atoms with Crippen molar-refractivity contribution in [3.8, 4) is 0 Å². The first-order chi connectivity index (χ1) is 22.4. The number of urea groups is 1. The summed E-state index contributed by atoms with van der Waals surface area (Å²) < 4.78 is 5.22. The van der Waals surface area contributed by atoms with Crippen molar-refractivity contribution in [3.05, 3.63) is 77.5 Å². The van der Waals surface area contributed by atoms with Crippen LogP contribution in [0.1, 0.15) is 69.6 Å². The van der Waals surface area contributed by atoms with Crippen molar-refractivity contribution in [2.45, 2.75) is 82.4 Å². The normalized spacial score (nSPS) is 16.4. The number of alkyl carbamates (subject to hydrolysis) is 1. The lowest BCUT2D eigenvalue weighted by Crippen LogP contribution is -2.56. The Kier molecular flexibility index (Phi) is 10.2. The first-order valence-electron chi connectivity index (χ1n) is 16.3. The van der Waals surface area contributed by atoms with Gasteiger partial charge in [0.15, 0.2) is 0 Å². The van der Waals surface area contributed by atoms with Crippen LogP contribution in [0.4, 0.5) is 9.59 Å². The van der Waals surface area contributed by atoms with Crippen molar-refractivity contribution in [3.63, 3.8) is 0 Å². The number of fused-ring (bicyclic) bond motifs is 3. The molecule has 1 aromatic heterocycles. The number of aromatic amines is 1. The molecule has 1 saturated heterocycles. The Morgan fingerprint density at radius 3 is 2.45 bits per heavy atom. The van der Waals surface area contributed by atoms with Gasteiger partial charge in [-0.05, 0) is 75.6 Å². The highest BCUT2D eigenvalue weighted by Gasteiger charge is 2.39. The van der Waals surface area contributed by atoms with Crippen LogP contribution in [0.15, 0.2) is 60.8 Å². The molecule has 5 N–H and O–H groups in total. The zero-order chi connectivity index (χ0) is 33.6. The van der Waals surface area contributed by atoms with Crippen molar-refractivity contribution in [1.82, 2.24) is 25.8 Å². The number of carboxylic acid groups (broad SMARTS) is 1. The number of carboxylic acids is 1. The zero-order valence-electron chi connectivity index (χ0n) is 27.3. The molecule has 11 heteroatoms. The molecule has 2 heterocycles. The van der Waals surface area contributed by atoms with Crippen molar-refractivity contribution in [1.29, 1.82) is 0 Å². The van der Waals surface area contributed by atoms with E-state index in [1.807, 2.05) is 42.6 Å². The number of likely N-dealkylation sites (tertiary alicyclic amines) is 1. The lowest BCUT2D eigenvalue weighted by atomic mass is 9.74. The molecule has 47 heavy (non-hydrogen) atoms. The number of unbranched alkanes of at least 4 members (excludes halogenated alkanes) is 1. The fourth-order valence-corrected chi connectivity index (χ4v) is 6.46. The van der Waals surface area contributed by atoms with E-state index in [-0.39, 0.29) is 24.3 Å². The maximum Gasteiger partial charge on any atom is 0.407 e. The van der Waals surface area contributed by atoms with E-state index >= 15 is 0 Å². The highest BCUT2D eigenvalue weighted by molar-refractivity contribution is 5.91. The number of para-hydroxylation sites is 1. The summed E-state index contributed by atoms with van der Waals surface area (Å²) in [6, 6.07) is 13.5. The van der Waals surface area contributed by atoms with Gasteiger partial charge in [0.2, 0.25) is 5.91 Å². The fraction of sp³-hybridized carbons (Fsp3) is 0.444. The number of carbonyl (C=O) groups excluding carboxylic acids is 3. The van der Waals surface area contributed by atoms with E-state index in [1.54, 1.807) is 25.7 Å². The Morgan fingerprint density at radius 2 is 1.70 bits per heavy atom. The lowest BCUT2D eigenvalue weighted by Gasteiger charge is -2.39. The number of nitrogens with one attached hydrogen (secondary N) is 4. The number of aliphatic carboxylic acids is 1. The average molecular weight is 644 g/mol. The molecule has 11 nitrogen and oxygen atoms in total. The summed E-state index contributed by atoms with van der Waals surface area (Å²) in [5, 5.41) is 19.1. The molecule has 1 aliphatic carbocycles. The summed E-state index contributed by atoms with van der Waals surface area (Å²) in [7, 11) is 0. The Bertz CT molecular complexity index is 1630. The van der Waals surface area contributed by atoms with Gasteiger partial charge in [0.05, 0.1) is 0 Å². The standard InChI is InChI=1S/C36H45N5O6/c1-35(2,3)47-34(46)37-19-9-8-14-29(32(43)44)39-31(42)30(22-25-23-38-28-13-7-5-11-26(25)28)40-33(45)41-20-17-36(18-21-41)16-15-24-10-4-6-12-27(24)36/h4-7,10-13,15-16,23,29-30,38H,8-9,14,17-22H2,1-3H3,(H,37,46)(H,39,42)(H,40,45)(H,43,44)/t29-,30+/m0/s1. The maximum atomic E-state index is 13.7. The van der Waals surface area contributed by atoms with E-state index < -0.39 is 35.7 Å². The van der Waals surface area contributed by atoms with Crippen LogP contribution < -0.4 is 16.0 Å². The third-order valence-corrected chi connectivity index (χ3v) is 8.94. The quantitative estimate of drug-likeness (QED) is 0.183. The number of allylic oxidation sites excluding steroid dienone is 1. The Balaban J connectivity index is 1.21. The second-order valence-corrected chi connectivity index (χ2v) is 13.5. The van der Waals surface area contributed by atoms with E-state index in [4.69, 9.17) is 4.74 Å². The van der Waals surface area contributed by atoms with Gasteiger partial charge in [0, 0.05) is 48.6 Å². The van der Waals surface area contributed by atoms with Crippen LogP contribution in [-0.2, 0) is 26.2 Å². The Hall–Kier alpha value is -4.80. The van der Waals surface area contributed by atoms with Crippen LogP contribution in [0.25, 0.3) is 17.0 Å². The van der Waals surface area contributed by atoms with Crippen LogP contribution in [0.2, 0.25) is 0 Å². The van der Waals surface area contributed by atoms with Gasteiger partial charge in [-0.3, -0.25) is 4.79 Å². The smallest absolute Gasteiger partial charge is 0.407 e. The highest BCUT2D eigenvalue weighted by Crippen LogP contribution is 2.43. The SMILES string of the molecule is CC(C)(C)OC(=O)NCCCC[C@H](NC(=O)[C@@H](Cc1c[nH]c2ccccc12)NC(=O)N1CCC2(C=Cc3ccccc32)CC1)C(=O)O. The monoisotopic (exact) mass is 643 g/mol. The van der Waals surface area contributed by atoms with E-state index in [0.29, 0.717) is 32.5 Å². The van der Waals surface area contributed by atoms with Gasteiger partial charge in [-0.25, -0.2) is 14.4 Å². The predicted molar refractivity (Wildman–Crippen MR) is 180 cm³/mol. The summed E-state index contributed by atoms with van der Waals surface area (Å²) in [5.74, 6) is -1.73. The molecule has 2 aliphatic rings. The molecule has 5 rings (SSSR count). The molecule has 2 atom stereocenters. The molecule has 1 spiro atoms. The van der Waals surface area contributed by atoms with Crippen molar-refractivity contribution >= 4 is 41.0 Å². The minimum Gasteiger partial charge on any atom is -0.480 e. The first kappa shape index (κ1) is 33.6. The molecule has 4 amide bonds. The lowest BCUT2D eigenvalue weighted by molar-refractivity contribution is -0.142. The highest BCUT2D eigenvalue weighted by atomic mass is 16.6. The molecule has 1 fully saturated rings. The maximum absolute atomic E-state index is 13.7. The summed E-state index contributed by atoms with van der Waals surface area (Å²) >= 11 is 0. The minimum atomic E-state index is -1.16. The molecule has 0 unspecified atom stereocenters. The predicted octanol–water partition coefficient (Wildman–Crippen LogP) is 5.11. The number of piperidine rings is 1. The average Bonchev–Trinajstić information content (AvgIpc) is 3.60. The molecule has 1 aliphatic heterocycles. The summed E-state index contributed by atoms with van der Waals surface area (Å²) in [5.41, 5.74) is 3.54. The van der Waals surface area contributed by atoms with Gasteiger partial charge in [-0.1, -0.05) is 54.6 Å². The number of benzene rings is 2. The number of hydrogen-bond acceptors (Lipinski definition) is 5. The zero-order valence-corrected chi connectivity index (χ0v) is 27.3. The summed E-state index contributed by atoms with van der Waals surface area (Å²) in [4.78, 5) is 56.3. The van der Waals surface area contributed by atoms with Crippen molar-refractivity contribution in [2.75, 3.05) is 19.6 Å². The van der Waals surface area contributed by atoms with E-state index in [0.717, 1.165) is 29.3 Å². The number of nitrogens with zero attached hydrogens (tertiary/aromatic N) is 1. The van der Waals surface area contributed by atoms with Crippen LogP contribution in [0.3, 0.4) is 0 Å². The molecular formula is C36H45N5O6. The summed E-state index contributed by atoms with van der Waals surface area (Å²) in [6.45, 7) is 6.69. The number of aromatic nitrogens is 1. The molecule has 3 aromatic rings. The third kappa shape index (κ3) is 8.33. The number of ether oxygens (including phenoxy) is 1. The van der Waals surface area contributed by atoms with E-state index in [2.05, 4.69) is 45.2 Å². The van der Waals surface area contributed by atoms with Crippen molar-refractivity contribution in [2.24, 2.45) is 0 Å². The Labute approximate surface area is 275 Å². The van der Waals surface area contributed by atoms with Gasteiger partial charge in [-0.2, -0.15) is 0 Å².